The molecule has 0 aliphatic carbocycles. The van der Waals surface area contributed by atoms with Crippen LogP contribution in [-0.4, -0.2) is 36.2 Å². The molecule has 158 valence electrons. The predicted octanol–water partition coefficient (Wildman–Crippen LogP) is 3.54. The molecule has 2 N–H and O–H groups in total. The maximum atomic E-state index is 12.9. The number of anilines is 1. The summed E-state index contributed by atoms with van der Waals surface area (Å²) >= 11 is 6.42. The summed E-state index contributed by atoms with van der Waals surface area (Å²) in [5.41, 5.74) is 4.31. The van der Waals surface area contributed by atoms with E-state index in [0.717, 1.165) is 16.8 Å². The molecular weight excluding hydrogens is 424 g/mol. The number of ketones is 1. The lowest BCUT2D eigenvalue weighted by Gasteiger charge is -2.10. The van der Waals surface area contributed by atoms with Crippen LogP contribution in [0.5, 0.6) is 0 Å². The molecular formula is C22H23ClN2O4S. The molecule has 3 rings (SSSR count). The Labute approximate surface area is 181 Å². The number of aliphatic hydroxyl groups is 1. The molecule has 0 unspecified atom stereocenters. The van der Waals surface area contributed by atoms with Gasteiger partial charge < -0.3 is 9.67 Å². The third kappa shape index (κ3) is 5.11. The average Bonchev–Trinajstić information content (AvgIpc) is 2.97. The van der Waals surface area contributed by atoms with Crippen LogP contribution in [0.25, 0.3) is 0 Å². The Morgan fingerprint density at radius 1 is 1.10 bits per heavy atom. The lowest BCUT2D eigenvalue weighted by atomic mass is 10.1. The molecule has 0 aliphatic rings. The van der Waals surface area contributed by atoms with Gasteiger partial charge in [-0.05, 0) is 30.7 Å². The van der Waals surface area contributed by atoms with Crippen LogP contribution in [0.15, 0.2) is 54.6 Å². The number of sulfonamides is 1. The Morgan fingerprint density at radius 2 is 1.73 bits per heavy atom. The highest BCUT2D eigenvalue weighted by atomic mass is 35.5. The molecule has 1 heterocycles. The van der Waals surface area contributed by atoms with Crippen LogP contribution in [0.1, 0.15) is 32.9 Å². The van der Waals surface area contributed by atoms with Gasteiger partial charge in [0.15, 0.2) is 0 Å². The van der Waals surface area contributed by atoms with E-state index in [1.165, 1.54) is 0 Å². The Kier molecular flexibility index (Phi) is 6.65. The summed E-state index contributed by atoms with van der Waals surface area (Å²) in [5, 5.41) is 9.31. The van der Waals surface area contributed by atoms with Crippen LogP contribution in [0.4, 0.5) is 5.69 Å². The molecule has 0 spiro atoms. The van der Waals surface area contributed by atoms with E-state index in [1.54, 1.807) is 54.1 Å². The highest BCUT2D eigenvalue weighted by Gasteiger charge is 2.18. The van der Waals surface area contributed by atoms with Crippen LogP contribution in [0.3, 0.4) is 0 Å². The van der Waals surface area contributed by atoms with Crippen molar-refractivity contribution in [3.8, 4) is 0 Å². The van der Waals surface area contributed by atoms with Crippen LogP contribution in [0, 0.1) is 6.92 Å². The number of carbonyl (C=O) groups is 1. The first kappa shape index (κ1) is 22.1. The van der Waals surface area contributed by atoms with Crippen LogP contribution in [0.2, 0.25) is 5.02 Å². The minimum absolute atomic E-state index is 0.0979. The Balaban J connectivity index is 1.79. The third-order valence-electron chi connectivity index (χ3n) is 4.81. The van der Waals surface area contributed by atoms with E-state index < -0.39 is 16.6 Å². The average molecular weight is 447 g/mol. The van der Waals surface area contributed by atoms with Gasteiger partial charge in [-0.15, -0.1) is 0 Å². The summed E-state index contributed by atoms with van der Waals surface area (Å²) in [6, 6.07) is 16.0. The molecule has 0 aliphatic heterocycles. The summed E-state index contributed by atoms with van der Waals surface area (Å²) in [6.45, 7) is 1.53. The van der Waals surface area contributed by atoms with Gasteiger partial charge in [0.2, 0.25) is 15.8 Å². The normalized spacial score (nSPS) is 11.5. The van der Waals surface area contributed by atoms with Gasteiger partial charge in [-0.25, -0.2) is 8.42 Å². The smallest absolute Gasteiger partial charge is 0.234 e. The van der Waals surface area contributed by atoms with E-state index in [0.29, 0.717) is 28.4 Å². The van der Waals surface area contributed by atoms with E-state index >= 15 is 0 Å². The number of aliphatic hydroxyl groups excluding tert-OH is 1. The van der Waals surface area contributed by atoms with Crippen molar-refractivity contribution in [2.75, 3.05) is 17.1 Å². The number of nitrogens with one attached hydrogen (secondary N) is 1. The van der Waals surface area contributed by atoms with Crippen molar-refractivity contribution in [1.82, 2.24) is 4.57 Å². The van der Waals surface area contributed by atoms with Crippen LogP contribution >= 0.6 is 11.6 Å². The highest BCUT2D eigenvalue weighted by molar-refractivity contribution is 7.92. The second-order valence-corrected chi connectivity index (χ2v) is 9.35. The zero-order valence-electron chi connectivity index (χ0n) is 16.7. The first-order valence-electron chi connectivity index (χ1n) is 9.36. The quantitative estimate of drug-likeness (QED) is 0.518. The maximum Gasteiger partial charge on any atom is 0.234 e. The molecule has 0 saturated carbocycles. The Morgan fingerprint density at radius 3 is 2.33 bits per heavy atom. The molecule has 0 amide bonds. The number of hydrogen-bond acceptors (Lipinski definition) is 4. The van der Waals surface area contributed by atoms with Crippen molar-refractivity contribution < 1.29 is 18.3 Å². The molecule has 30 heavy (non-hydrogen) atoms. The number of nitrogens with zero attached hydrogens (tertiary/aromatic N) is 1. The summed E-state index contributed by atoms with van der Waals surface area (Å²) in [4.78, 5) is 12.9. The zero-order chi connectivity index (χ0) is 21.9. The van der Waals surface area contributed by atoms with Crippen LogP contribution in [-0.2, 0) is 23.5 Å². The lowest BCUT2D eigenvalue weighted by molar-refractivity contribution is 0.103. The number of benzene rings is 2. The van der Waals surface area contributed by atoms with Gasteiger partial charge in [0.1, 0.15) is 0 Å². The summed E-state index contributed by atoms with van der Waals surface area (Å²) < 4.78 is 27.7. The standard InChI is InChI=1S/C22H23ClN2O4S/c1-15-3-7-17(8-4-15)22(27)21-14-19(23)20(25(21)2)13-16-5-9-18(10-6-16)24-30(28,29)12-11-26/h3-10,14,24,26H,11-13H2,1-2H3. The van der Waals surface area contributed by atoms with Crippen molar-refractivity contribution in [2.45, 2.75) is 13.3 Å². The molecule has 2 aromatic carbocycles. The number of aryl methyl sites for hydroxylation is 1. The Hall–Kier alpha value is -2.61. The van der Waals surface area contributed by atoms with Gasteiger partial charge in [-0.1, -0.05) is 53.6 Å². The minimum atomic E-state index is -3.57. The van der Waals surface area contributed by atoms with E-state index in [4.69, 9.17) is 16.7 Å². The molecule has 0 atom stereocenters. The molecule has 8 heteroatoms. The molecule has 3 aromatic rings. The SMILES string of the molecule is Cc1ccc(C(=O)c2cc(Cl)c(Cc3ccc(NS(=O)(=O)CCO)cc3)n2C)cc1. The second-order valence-electron chi connectivity index (χ2n) is 7.10. The topological polar surface area (TPSA) is 88.4 Å². The third-order valence-corrected chi connectivity index (χ3v) is 6.40. The number of rotatable bonds is 8. The highest BCUT2D eigenvalue weighted by Crippen LogP contribution is 2.26. The van der Waals surface area contributed by atoms with Crippen molar-refractivity contribution in [1.29, 1.82) is 0 Å². The van der Waals surface area contributed by atoms with E-state index in [2.05, 4.69) is 4.72 Å². The number of halogens is 1. The van der Waals surface area contributed by atoms with Crippen molar-refractivity contribution in [2.24, 2.45) is 7.05 Å². The Bertz CT molecular complexity index is 1150. The first-order chi connectivity index (χ1) is 14.2. The van der Waals surface area contributed by atoms with Gasteiger partial charge in [0.05, 0.1) is 23.1 Å². The molecule has 1 aromatic heterocycles. The minimum Gasteiger partial charge on any atom is -0.395 e. The van der Waals surface area contributed by atoms with Crippen molar-refractivity contribution >= 4 is 33.1 Å². The fraction of sp³-hybridized carbons (Fsp3) is 0.227. The molecule has 0 radical (unpaired) electrons. The first-order valence-corrected chi connectivity index (χ1v) is 11.4. The van der Waals surface area contributed by atoms with Crippen LogP contribution < -0.4 is 4.72 Å². The van der Waals surface area contributed by atoms with Crippen molar-refractivity contribution in [3.63, 3.8) is 0 Å². The molecule has 0 fully saturated rings. The monoisotopic (exact) mass is 446 g/mol. The van der Waals surface area contributed by atoms with E-state index in [9.17, 15) is 13.2 Å². The van der Waals surface area contributed by atoms with E-state index in [-0.39, 0.29) is 11.5 Å². The molecule has 6 nitrogen and oxygen atoms in total. The number of hydrogen-bond donors (Lipinski definition) is 2. The summed E-state index contributed by atoms with van der Waals surface area (Å²) in [7, 11) is -1.76. The fourth-order valence-corrected chi connectivity index (χ4v) is 4.25. The lowest BCUT2D eigenvalue weighted by Crippen LogP contribution is -2.18. The van der Waals surface area contributed by atoms with Crippen molar-refractivity contribution in [3.05, 3.63) is 87.7 Å². The predicted molar refractivity (Wildman–Crippen MR) is 119 cm³/mol. The van der Waals surface area contributed by atoms with Gasteiger partial charge in [0.25, 0.3) is 0 Å². The molecule has 0 saturated heterocycles. The number of carbonyl (C=O) groups excluding carboxylic acids is 1. The summed E-state index contributed by atoms with van der Waals surface area (Å²) in [6.07, 6.45) is 0.486. The summed E-state index contributed by atoms with van der Waals surface area (Å²) in [5.74, 6) is -0.454. The van der Waals surface area contributed by atoms with Gasteiger partial charge in [-0.2, -0.15) is 0 Å². The largest absolute Gasteiger partial charge is 0.395 e. The van der Waals surface area contributed by atoms with Gasteiger partial charge >= 0.3 is 0 Å². The molecule has 0 bridgehead atoms. The fourth-order valence-electron chi connectivity index (χ4n) is 3.11. The zero-order valence-corrected chi connectivity index (χ0v) is 18.3. The van der Waals surface area contributed by atoms with Gasteiger partial charge in [0, 0.05) is 30.4 Å². The number of aromatic nitrogens is 1. The van der Waals surface area contributed by atoms with E-state index in [1.807, 2.05) is 19.1 Å². The van der Waals surface area contributed by atoms with Gasteiger partial charge in [-0.3, -0.25) is 9.52 Å². The maximum absolute atomic E-state index is 12.9. The second kappa shape index (κ2) is 9.04.